The zero-order chi connectivity index (χ0) is 22.7. The molecule has 0 atom stereocenters. The maximum atomic E-state index is 12.5. The summed E-state index contributed by atoms with van der Waals surface area (Å²) < 4.78 is 35.2. The van der Waals surface area contributed by atoms with E-state index in [1.807, 2.05) is 6.07 Å². The molecular formula is C22H14N2O7S. The van der Waals surface area contributed by atoms with Crippen LogP contribution in [0.4, 0.5) is 5.69 Å². The molecule has 0 aliphatic carbocycles. The molecule has 0 aromatic heterocycles. The summed E-state index contributed by atoms with van der Waals surface area (Å²) in [6.07, 6.45) is 1.48. The minimum atomic E-state index is -4.42. The molecular weight excluding hydrogens is 436 g/mol. The molecule has 0 bridgehead atoms. The Labute approximate surface area is 182 Å². The summed E-state index contributed by atoms with van der Waals surface area (Å²) in [7, 11) is -4.42. The summed E-state index contributed by atoms with van der Waals surface area (Å²) in [4.78, 5) is 26.1. The average molecular weight is 450 g/mol. The molecule has 10 heteroatoms. The summed E-state index contributed by atoms with van der Waals surface area (Å²) in [6, 6.07) is 19.6. The van der Waals surface area contributed by atoms with E-state index in [0.29, 0.717) is 11.1 Å². The third kappa shape index (κ3) is 4.40. The molecule has 0 amide bonds. The number of nitro groups is 1. The van der Waals surface area contributed by atoms with Crippen molar-refractivity contribution in [1.29, 1.82) is 0 Å². The molecule has 4 rings (SSSR count). The Morgan fingerprint density at radius 2 is 1.59 bits per heavy atom. The highest BCUT2D eigenvalue weighted by Gasteiger charge is 2.27. The smallest absolute Gasteiger partial charge is 0.363 e. The number of nitrogens with zero attached hydrogens (tertiary/aromatic N) is 2. The first-order valence-corrected chi connectivity index (χ1v) is 10.6. The maximum Gasteiger partial charge on any atom is 0.363 e. The standard InChI is InChI=1S/C22H14N2O7S/c25-22-18(23-21(30-22)16-6-2-1-3-7-16)14-15-10-12-17(13-11-15)31-32(28,29)20-9-5-4-8-19(20)24(26)27/h1-14H/b18-14-. The SMILES string of the molecule is O=C1OC(c2ccccc2)=N/C1=C\c1ccc(OS(=O)(=O)c2ccccc2[N+](=O)[O-])cc1. The third-order valence-corrected chi connectivity index (χ3v) is 5.66. The molecule has 0 radical (unpaired) electrons. The number of carbonyl (C=O) groups excluding carboxylic acids is 1. The molecule has 3 aromatic rings. The van der Waals surface area contributed by atoms with E-state index >= 15 is 0 Å². The van der Waals surface area contributed by atoms with Crippen LogP contribution in [-0.2, 0) is 19.6 Å². The van der Waals surface area contributed by atoms with Crippen LogP contribution in [0.25, 0.3) is 6.08 Å². The van der Waals surface area contributed by atoms with E-state index in [1.54, 1.807) is 24.3 Å². The second-order valence-corrected chi connectivity index (χ2v) is 8.05. The van der Waals surface area contributed by atoms with Gasteiger partial charge >= 0.3 is 16.1 Å². The molecule has 160 valence electrons. The number of carbonyl (C=O) groups is 1. The van der Waals surface area contributed by atoms with Crippen LogP contribution in [0.2, 0.25) is 0 Å². The second kappa shape index (κ2) is 8.44. The van der Waals surface area contributed by atoms with Gasteiger partial charge in [-0.2, -0.15) is 8.42 Å². The predicted octanol–water partition coefficient (Wildman–Crippen LogP) is 3.71. The van der Waals surface area contributed by atoms with Crippen molar-refractivity contribution >= 4 is 33.7 Å². The van der Waals surface area contributed by atoms with Crippen molar-refractivity contribution in [3.63, 3.8) is 0 Å². The maximum absolute atomic E-state index is 12.5. The summed E-state index contributed by atoms with van der Waals surface area (Å²) in [5.41, 5.74) is 0.712. The first-order chi connectivity index (χ1) is 15.3. The van der Waals surface area contributed by atoms with Gasteiger partial charge in [-0.15, -0.1) is 0 Å². The summed E-state index contributed by atoms with van der Waals surface area (Å²) >= 11 is 0. The van der Waals surface area contributed by atoms with Crippen molar-refractivity contribution in [2.24, 2.45) is 4.99 Å². The molecule has 9 nitrogen and oxygen atoms in total. The number of aliphatic imine (C=N–C) groups is 1. The third-order valence-electron chi connectivity index (χ3n) is 4.36. The minimum Gasteiger partial charge on any atom is -0.402 e. The lowest BCUT2D eigenvalue weighted by Crippen LogP contribution is -2.11. The number of rotatable bonds is 6. The van der Waals surface area contributed by atoms with Crippen LogP contribution in [0, 0.1) is 10.1 Å². The van der Waals surface area contributed by atoms with Crippen LogP contribution < -0.4 is 4.18 Å². The first-order valence-electron chi connectivity index (χ1n) is 9.19. The fourth-order valence-corrected chi connectivity index (χ4v) is 3.98. The molecule has 1 heterocycles. The topological polar surface area (TPSA) is 125 Å². The summed E-state index contributed by atoms with van der Waals surface area (Å²) in [6.45, 7) is 0. The molecule has 0 fully saturated rings. The average Bonchev–Trinajstić information content (AvgIpc) is 3.15. The van der Waals surface area contributed by atoms with Gasteiger partial charge in [0.15, 0.2) is 10.6 Å². The zero-order valence-corrected chi connectivity index (χ0v) is 17.1. The second-order valence-electron chi connectivity index (χ2n) is 6.53. The number of para-hydroxylation sites is 1. The number of esters is 1. The fourth-order valence-electron chi connectivity index (χ4n) is 2.88. The van der Waals surface area contributed by atoms with Crippen LogP contribution in [0.1, 0.15) is 11.1 Å². The van der Waals surface area contributed by atoms with Crippen LogP contribution in [0.15, 0.2) is 94.4 Å². The zero-order valence-electron chi connectivity index (χ0n) is 16.2. The van der Waals surface area contributed by atoms with E-state index in [4.69, 9.17) is 8.92 Å². The lowest BCUT2D eigenvalue weighted by Gasteiger charge is -2.07. The molecule has 1 aliphatic rings. The van der Waals surface area contributed by atoms with Crippen molar-refractivity contribution in [3.05, 3.63) is 106 Å². The Hall–Kier alpha value is -4.31. The van der Waals surface area contributed by atoms with E-state index in [2.05, 4.69) is 4.99 Å². The molecule has 0 saturated heterocycles. The number of hydrogen-bond donors (Lipinski definition) is 0. The van der Waals surface area contributed by atoms with Gasteiger partial charge in [0.2, 0.25) is 5.90 Å². The molecule has 0 saturated carbocycles. The largest absolute Gasteiger partial charge is 0.402 e. The predicted molar refractivity (Wildman–Crippen MR) is 114 cm³/mol. The van der Waals surface area contributed by atoms with Gasteiger partial charge in [-0.1, -0.05) is 42.5 Å². The Morgan fingerprint density at radius 1 is 0.938 bits per heavy atom. The van der Waals surface area contributed by atoms with Gasteiger partial charge in [-0.3, -0.25) is 10.1 Å². The summed E-state index contributed by atoms with van der Waals surface area (Å²) in [5.74, 6) is -0.465. The molecule has 32 heavy (non-hydrogen) atoms. The van der Waals surface area contributed by atoms with E-state index < -0.39 is 31.6 Å². The van der Waals surface area contributed by atoms with Gasteiger partial charge in [-0.05, 0) is 42.0 Å². The number of ether oxygens (including phenoxy) is 1. The molecule has 0 spiro atoms. The summed E-state index contributed by atoms with van der Waals surface area (Å²) in [5, 5.41) is 11.1. The van der Waals surface area contributed by atoms with Gasteiger partial charge < -0.3 is 8.92 Å². The van der Waals surface area contributed by atoms with Gasteiger partial charge in [0.25, 0.3) is 5.69 Å². The van der Waals surface area contributed by atoms with Crippen LogP contribution in [0.5, 0.6) is 5.75 Å². The van der Waals surface area contributed by atoms with Gasteiger partial charge in [0.1, 0.15) is 5.75 Å². The van der Waals surface area contributed by atoms with E-state index in [9.17, 15) is 23.3 Å². The van der Waals surface area contributed by atoms with E-state index in [0.717, 1.165) is 12.1 Å². The van der Waals surface area contributed by atoms with Crippen LogP contribution in [-0.4, -0.2) is 25.2 Å². The van der Waals surface area contributed by atoms with Crippen molar-refractivity contribution in [1.82, 2.24) is 0 Å². The van der Waals surface area contributed by atoms with Crippen LogP contribution in [0.3, 0.4) is 0 Å². The van der Waals surface area contributed by atoms with Crippen molar-refractivity contribution in [2.45, 2.75) is 4.90 Å². The van der Waals surface area contributed by atoms with E-state index in [1.165, 1.54) is 42.5 Å². The van der Waals surface area contributed by atoms with Gasteiger partial charge in [-0.25, -0.2) is 9.79 Å². The Bertz CT molecular complexity index is 1360. The van der Waals surface area contributed by atoms with Crippen molar-refractivity contribution in [3.8, 4) is 5.75 Å². The van der Waals surface area contributed by atoms with Gasteiger partial charge in [0, 0.05) is 11.6 Å². The minimum absolute atomic E-state index is 0.0484. The number of cyclic esters (lactones) is 1. The highest BCUT2D eigenvalue weighted by Crippen LogP contribution is 2.27. The highest BCUT2D eigenvalue weighted by molar-refractivity contribution is 7.87. The monoisotopic (exact) mass is 450 g/mol. The lowest BCUT2D eigenvalue weighted by molar-refractivity contribution is -0.387. The van der Waals surface area contributed by atoms with Crippen molar-refractivity contribution in [2.75, 3.05) is 0 Å². The Balaban J connectivity index is 1.55. The Morgan fingerprint density at radius 3 is 2.28 bits per heavy atom. The van der Waals surface area contributed by atoms with Crippen molar-refractivity contribution < 1.29 is 27.1 Å². The first kappa shape index (κ1) is 20.9. The highest BCUT2D eigenvalue weighted by atomic mass is 32.2. The molecule has 1 aliphatic heterocycles. The van der Waals surface area contributed by atoms with Gasteiger partial charge in [0.05, 0.1) is 4.92 Å². The van der Waals surface area contributed by atoms with E-state index in [-0.39, 0.29) is 17.3 Å². The van der Waals surface area contributed by atoms with Crippen LogP contribution >= 0.6 is 0 Å². The molecule has 0 N–H and O–H groups in total. The lowest BCUT2D eigenvalue weighted by atomic mass is 10.2. The number of benzene rings is 3. The Kier molecular flexibility index (Phi) is 5.52. The number of hydrogen-bond acceptors (Lipinski definition) is 8. The quantitative estimate of drug-likeness (QED) is 0.184. The molecule has 3 aromatic carbocycles. The molecule has 0 unspecified atom stereocenters. The fraction of sp³-hybridized carbons (Fsp3) is 0. The normalized spacial score (nSPS) is 14.7. The number of nitro benzene ring substituents is 1.